The first-order valence-corrected chi connectivity index (χ1v) is 9.17. The molecule has 5 nitrogen and oxygen atoms in total. The van der Waals surface area contributed by atoms with Crippen molar-refractivity contribution in [3.63, 3.8) is 0 Å². The summed E-state index contributed by atoms with van der Waals surface area (Å²) in [5.74, 6) is 2.21. The molecule has 0 bridgehead atoms. The van der Waals surface area contributed by atoms with Gasteiger partial charge >= 0.3 is 0 Å². The van der Waals surface area contributed by atoms with E-state index in [-0.39, 0.29) is 5.91 Å². The van der Waals surface area contributed by atoms with Crippen molar-refractivity contribution in [1.82, 2.24) is 4.98 Å². The monoisotopic (exact) mass is 376 g/mol. The maximum absolute atomic E-state index is 12.7. The summed E-state index contributed by atoms with van der Waals surface area (Å²) in [5, 5.41) is 2.91. The molecule has 144 valence electrons. The van der Waals surface area contributed by atoms with E-state index in [0.717, 1.165) is 11.4 Å². The lowest BCUT2D eigenvalue weighted by molar-refractivity contribution is 0.102. The third-order valence-corrected chi connectivity index (χ3v) is 4.33. The van der Waals surface area contributed by atoms with Crippen molar-refractivity contribution < 1.29 is 14.3 Å². The first-order chi connectivity index (χ1) is 13.5. The van der Waals surface area contributed by atoms with Gasteiger partial charge in [0, 0.05) is 17.4 Å². The highest BCUT2D eigenvalue weighted by Gasteiger charge is 2.12. The number of amides is 1. The topological polar surface area (TPSA) is 60.5 Å². The van der Waals surface area contributed by atoms with Gasteiger partial charge in [0.15, 0.2) is 0 Å². The molecule has 3 aromatic rings. The maximum atomic E-state index is 12.7. The number of nitrogens with zero attached hydrogens (tertiary/aromatic N) is 1. The number of aryl methyl sites for hydroxylation is 1. The van der Waals surface area contributed by atoms with E-state index in [4.69, 9.17) is 9.47 Å². The van der Waals surface area contributed by atoms with Crippen LogP contribution in [0, 0.1) is 6.92 Å². The van der Waals surface area contributed by atoms with E-state index in [2.05, 4.69) is 24.1 Å². The molecule has 3 rings (SSSR count). The summed E-state index contributed by atoms with van der Waals surface area (Å²) in [4.78, 5) is 17.2. The van der Waals surface area contributed by atoms with Gasteiger partial charge in [-0.3, -0.25) is 9.78 Å². The molecule has 0 atom stereocenters. The van der Waals surface area contributed by atoms with E-state index in [1.165, 1.54) is 0 Å². The number of anilines is 1. The van der Waals surface area contributed by atoms with Gasteiger partial charge in [0.05, 0.1) is 18.4 Å². The van der Waals surface area contributed by atoms with Gasteiger partial charge in [0.1, 0.15) is 17.2 Å². The molecule has 0 aliphatic rings. The fraction of sp³-hybridized carbons (Fsp3) is 0.217. The van der Waals surface area contributed by atoms with Gasteiger partial charge in [0.2, 0.25) is 0 Å². The Kier molecular flexibility index (Phi) is 5.94. The van der Waals surface area contributed by atoms with Gasteiger partial charge in [-0.15, -0.1) is 0 Å². The van der Waals surface area contributed by atoms with Crippen LogP contribution in [0.5, 0.6) is 17.2 Å². The van der Waals surface area contributed by atoms with E-state index < -0.39 is 0 Å². The number of methoxy groups -OCH3 is 1. The van der Waals surface area contributed by atoms with E-state index >= 15 is 0 Å². The summed E-state index contributed by atoms with van der Waals surface area (Å²) in [6.07, 6.45) is 0. The summed E-state index contributed by atoms with van der Waals surface area (Å²) >= 11 is 0. The Morgan fingerprint density at radius 2 is 1.68 bits per heavy atom. The molecule has 0 aliphatic carbocycles. The average Bonchev–Trinajstić information content (AvgIpc) is 2.68. The van der Waals surface area contributed by atoms with Crippen molar-refractivity contribution in [3.8, 4) is 17.2 Å². The fourth-order valence-electron chi connectivity index (χ4n) is 2.76. The average molecular weight is 376 g/mol. The number of nitrogens with one attached hydrogen (secondary N) is 1. The van der Waals surface area contributed by atoms with Crippen LogP contribution in [0.1, 0.15) is 41.5 Å². The lowest BCUT2D eigenvalue weighted by Crippen LogP contribution is -2.14. The van der Waals surface area contributed by atoms with Gasteiger partial charge in [-0.25, -0.2) is 0 Å². The highest BCUT2D eigenvalue weighted by Crippen LogP contribution is 2.26. The van der Waals surface area contributed by atoms with Gasteiger partial charge in [-0.1, -0.05) is 19.9 Å². The van der Waals surface area contributed by atoms with Gasteiger partial charge in [-0.05, 0) is 61.4 Å². The van der Waals surface area contributed by atoms with E-state index in [9.17, 15) is 4.79 Å². The van der Waals surface area contributed by atoms with Crippen LogP contribution in [0.15, 0.2) is 60.7 Å². The Hall–Kier alpha value is -3.34. The first-order valence-electron chi connectivity index (χ1n) is 9.17. The van der Waals surface area contributed by atoms with E-state index in [1.54, 1.807) is 13.2 Å². The Labute approximate surface area is 165 Å². The van der Waals surface area contributed by atoms with Crippen LogP contribution < -0.4 is 14.8 Å². The Bertz CT molecular complexity index is 966. The maximum Gasteiger partial charge on any atom is 0.257 e. The third kappa shape index (κ3) is 4.68. The Morgan fingerprint density at radius 3 is 2.32 bits per heavy atom. The summed E-state index contributed by atoms with van der Waals surface area (Å²) in [7, 11) is 1.62. The minimum Gasteiger partial charge on any atom is -0.497 e. The standard InChI is InChI=1S/C23H24N2O3/c1-15(2)22-13-12-21(16(3)24-22)23(26)25-17-6-5-7-20(14-17)28-19-10-8-18(27-4)9-11-19/h5-15H,1-4H3,(H,25,26). The zero-order valence-corrected chi connectivity index (χ0v) is 16.5. The minimum atomic E-state index is -0.193. The van der Waals surface area contributed by atoms with Gasteiger partial charge in [-0.2, -0.15) is 0 Å². The van der Waals surface area contributed by atoms with Gasteiger partial charge in [0.25, 0.3) is 5.91 Å². The molecule has 1 heterocycles. The number of aromatic nitrogens is 1. The summed E-state index contributed by atoms with van der Waals surface area (Å²) in [6.45, 7) is 6.01. The lowest BCUT2D eigenvalue weighted by Gasteiger charge is -2.12. The molecule has 0 spiro atoms. The van der Waals surface area contributed by atoms with Crippen molar-refractivity contribution in [1.29, 1.82) is 0 Å². The Balaban J connectivity index is 1.72. The Morgan fingerprint density at radius 1 is 0.964 bits per heavy atom. The van der Waals surface area contributed by atoms with Crippen LogP contribution in [-0.4, -0.2) is 18.0 Å². The molecule has 5 heteroatoms. The van der Waals surface area contributed by atoms with Gasteiger partial charge < -0.3 is 14.8 Å². The van der Waals surface area contributed by atoms with Crippen LogP contribution >= 0.6 is 0 Å². The minimum absolute atomic E-state index is 0.193. The summed E-state index contributed by atoms with van der Waals surface area (Å²) in [6, 6.07) is 18.3. The van der Waals surface area contributed by atoms with E-state index in [0.29, 0.717) is 34.4 Å². The van der Waals surface area contributed by atoms with Crippen molar-refractivity contribution in [2.75, 3.05) is 12.4 Å². The molecule has 0 unspecified atom stereocenters. The molecule has 0 saturated carbocycles. The zero-order valence-electron chi connectivity index (χ0n) is 16.5. The number of pyridine rings is 1. The van der Waals surface area contributed by atoms with Crippen molar-refractivity contribution in [3.05, 3.63) is 77.6 Å². The molecule has 0 fully saturated rings. The molecule has 1 amide bonds. The van der Waals surface area contributed by atoms with Crippen molar-refractivity contribution >= 4 is 11.6 Å². The highest BCUT2D eigenvalue weighted by molar-refractivity contribution is 6.05. The van der Waals surface area contributed by atoms with Crippen LogP contribution in [0.3, 0.4) is 0 Å². The molecule has 0 aliphatic heterocycles. The smallest absolute Gasteiger partial charge is 0.257 e. The number of ether oxygens (including phenoxy) is 2. The van der Waals surface area contributed by atoms with Crippen molar-refractivity contribution in [2.24, 2.45) is 0 Å². The van der Waals surface area contributed by atoms with Crippen LogP contribution in [-0.2, 0) is 0 Å². The number of rotatable bonds is 6. The second kappa shape index (κ2) is 8.57. The second-order valence-electron chi connectivity index (χ2n) is 6.78. The molecule has 1 N–H and O–H groups in total. The van der Waals surface area contributed by atoms with Crippen LogP contribution in [0.2, 0.25) is 0 Å². The number of hydrogen-bond donors (Lipinski definition) is 1. The van der Waals surface area contributed by atoms with E-state index in [1.807, 2.05) is 61.5 Å². The molecular weight excluding hydrogens is 352 g/mol. The largest absolute Gasteiger partial charge is 0.497 e. The molecule has 0 saturated heterocycles. The number of carbonyl (C=O) groups excluding carboxylic acids is 1. The fourth-order valence-corrected chi connectivity index (χ4v) is 2.76. The summed E-state index contributed by atoms with van der Waals surface area (Å²) in [5.41, 5.74) is 2.91. The molecular formula is C23H24N2O3. The number of hydrogen-bond acceptors (Lipinski definition) is 4. The number of carbonyl (C=O) groups is 1. The lowest BCUT2D eigenvalue weighted by atomic mass is 10.1. The molecule has 2 aromatic carbocycles. The predicted octanol–water partition coefficient (Wildman–Crippen LogP) is 5.57. The van der Waals surface area contributed by atoms with Crippen LogP contribution in [0.4, 0.5) is 5.69 Å². The molecule has 1 aromatic heterocycles. The number of benzene rings is 2. The second-order valence-corrected chi connectivity index (χ2v) is 6.78. The SMILES string of the molecule is COc1ccc(Oc2cccc(NC(=O)c3ccc(C(C)C)nc3C)c2)cc1. The van der Waals surface area contributed by atoms with Crippen molar-refractivity contribution in [2.45, 2.75) is 26.7 Å². The normalized spacial score (nSPS) is 10.6. The third-order valence-electron chi connectivity index (χ3n) is 4.33. The zero-order chi connectivity index (χ0) is 20.1. The summed E-state index contributed by atoms with van der Waals surface area (Å²) < 4.78 is 11.0. The predicted molar refractivity (Wildman–Crippen MR) is 111 cm³/mol. The molecule has 0 radical (unpaired) electrons. The quantitative estimate of drug-likeness (QED) is 0.611. The first kappa shape index (κ1) is 19.4. The van der Waals surface area contributed by atoms with Crippen LogP contribution in [0.25, 0.3) is 0 Å². The molecule has 28 heavy (non-hydrogen) atoms. The highest BCUT2D eigenvalue weighted by atomic mass is 16.5.